The molecule has 0 saturated carbocycles. The van der Waals surface area contributed by atoms with Crippen molar-refractivity contribution in [3.05, 3.63) is 211 Å². The molecule has 0 N–H and O–H groups in total. The van der Waals surface area contributed by atoms with Gasteiger partial charge in [-0.3, -0.25) is 0 Å². The number of anilines is 3. The molecule has 9 aromatic carbocycles. The van der Waals surface area contributed by atoms with Gasteiger partial charge in [0.25, 0.3) is 0 Å². The molecule has 55 heavy (non-hydrogen) atoms. The maximum Gasteiger partial charge on any atom is 0.136 e. The van der Waals surface area contributed by atoms with Gasteiger partial charge in [-0.1, -0.05) is 140 Å². The molecule has 0 amide bonds. The van der Waals surface area contributed by atoms with Crippen LogP contribution in [0.2, 0.25) is 0 Å². The highest BCUT2D eigenvalue weighted by atomic mass is 16.3. The van der Waals surface area contributed by atoms with Crippen LogP contribution < -0.4 is 4.90 Å². The Bertz CT molecular complexity index is 3050. The Kier molecular flexibility index (Phi) is 7.41. The zero-order valence-corrected chi connectivity index (χ0v) is 30.3. The fraction of sp³-hybridized carbons (Fsp3) is 0.0566. The van der Waals surface area contributed by atoms with Crippen LogP contribution in [0.25, 0.3) is 65.7 Å². The molecule has 0 radical (unpaired) electrons. The summed E-state index contributed by atoms with van der Waals surface area (Å²) in [7, 11) is 0. The van der Waals surface area contributed by atoms with Gasteiger partial charge in [-0.05, 0) is 122 Å². The summed E-state index contributed by atoms with van der Waals surface area (Å²) in [4.78, 5) is 2.36. The Morgan fingerprint density at radius 2 is 1.09 bits per heavy atom. The Balaban J connectivity index is 1.06. The van der Waals surface area contributed by atoms with Crippen molar-refractivity contribution < 1.29 is 4.42 Å². The topological polar surface area (TPSA) is 16.4 Å². The van der Waals surface area contributed by atoms with Gasteiger partial charge in [0.05, 0.1) is 0 Å². The van der Waals surface area contributed by atoms with Gasteiger partial charge >= 0.3 is 0 Å². The molecule has 1 atom stereocenters. The van der Waals surface area contributed by atoms with Crippen molar-refractivity contribution in [2.45, 2.75) is 18.8 Å². The molecule has 1 heterocycles. The zero-order chi connectivity index (χ0) is 36.3. The Hall–Kier alpha value is -6.90. The van der Waals surface area contributed by atoms with Crippen LogP contribution >= 0.6 is 0 Å². The minimum Gasteiger partial charge on any atom is -0.456 e. The number of hydrogen-bond donors (Lipinski definition) is 0. The lowest BCUT2D eigenvalue weighted by atomic mass is 9.83. The zero-order valence-electron chi connectivity index (χ0n) is 30.3. The van der Waals surface area contributed by atoms with Crippen molar-refractivity contribution in [3.8, 4) is 22.3 Å². The van der Waals surface area contributed by atoms with Crippen molar-refractivity contribution in [3.63, 3.8) is 0 Å². The van der Waals surface area contributed by atoms with Crippen LogP contribution in [0.3, 0.4) is 0 Å². The Labute approximate surface area is 320 Å². The second kappa shape index (κ2) is 12.9. The second-order valence-corrected chi connectivity index (χ2v) is 14.8. The molecule has 10 aromatic rings. The van der Waals surface area contributed by atoms with Gasteiger partial charge in [-0.2, -0.15) is 0 Å². The van der Waals surface area contributed by atoms with E-state index in [0.717, 1.165) is 46.5 Å². The first-order valence-electron chi connectivity index (χ1n) is 19.3. The summed E-state index contributed by atoms with van der Waals surface area (Å²) in [6.45, 7) is 0. The van der Waals surface area contributed by atoms with E-state index < -0.39 is 0 Å². The predicted octanol–water partition coefficient (Wildman–Crippen LogP) is 14.8. The molecular weight excluding hydrogens is 667 g/mol. The lowest BCUT2D eigenvalue weighted by Crippen LogP contribution is -2.10. The molecule has 0 spiro atoms. The van der Waals surface area contributed by atoms with E-state index >= 15 is 0 Å². The number of para-hydroxylation sites is 2. The standard InChI is InChI=1S/C53H37NO/c1-2-16-42(17-3-1)54(44-30-24-36-13-5-7-15-39(36)33-44)43-28-25-37(26-29-43)45-31-27-41-34-50-53(48-20-10-11-21-49(48)55-50)52(51(41)47-19-9-8-18-46(45)47)40-23-22-35-12-4-6-14-38(35)32-40/h1-26,28-30,32-34,45H,27,31H2. The van der Waals surface area contributed by atoms with Crippen LogP contribution in [0, 0.1) is 0 Å². The largest absolute Gasteiger partial charge is 0.456 e. The highest BCUT2D eigenvalue weighted by molar-refractivity contribution is 6.17. The van der Waals surface area contributed by atoms with Gasteiger partial charge in [0, 0.05) is 39.3 Å². The number of furan rings is 1. The van der Waals surface area contributed by atoms with Crippen LogP contribution in [-0.2, 0) is 6.42 Å². The number of fused-ring (bicyclic) bond motifs is 8. The van der Waals surface area contributed by atoms with E-state index in [-0.39, 0.29) is 5.92 Å². The van der Waals surface area contributed by atoms with E-state index in [9.17, 15) is 0 Å². The molecule has 1 aliphatic carbocycles. The van der Waals surface area contributed by atoms with Gasteiger partial charge in [-0.15, -0.1) is 0 Å². The molecule has 2 heteroatoms. The van der Waals surface area contributed by atoms with Crippen LogP contribution in [0.4, 0.5) is 17.1 Å². The van der Waals surface area contributed by atoms with Crippen molar-refractivity contribution in [2.24, 2.45) is 0 Å². The number of rotatable bonds is 5. The minimum atomic E-state index is 0.232. The van der Waals surface area contributed by atoms with Gasteiger partial charge < -0.3 is 9.32 Å². The summed E-state index contributed by atoms with van der Waals surface area (Å²) in [6, 6.07) is 70.9. The molecule has 2 nitrogen and oxygen atoms in total. The number of nitrogens with zero attached hydrogens (tertiary/aromatic N) is 1. The predicted molar refractivity (Wildman–Crippen MR) is 231 cm³/mol. The van der Waals surface area contributed by atoms with E-state index in [4.69, 9.17) is 4.42 Å². The average molecular weight is 704 g/mol. The smallest absolute Gasteiger partial charge is 0.136 e. The lowest BCUT2D eigenvalue weighted by Gasteiger charge is -2.27. The highest BCUT2D eigenvalue weighted by Gasteiger charge is 2.29. The first-order valence-corrected chi connectivity index (χ1v) is 19.3. The van der Waals surface area contributed by atoms with Crippen molar-refractivity contribution in [2.75, 3.05) is 4.90 Å². The van der Waals surface area contributed by atoms with Gasteiger partial charge in [-0.25, -0.2) is 0 Å². The quantitative estimate of drug-likeness (QED) is 0.177. The summed E-state index contributed by atoms with van der Waals surface area (Å²) < 4.78 is 6.64. The lowest BCUT2D eigenvalue weighted by molar-refractivity contribution is 0.667. The molecule has 0 saturated heterocycles. The van der Waals surface area contributed by atoms with E-state index in [1.54, 1.807) is 0 Å². The number of hydrogen-bond acceptors (Lipinski definition) is 2. The van der Waals surface area contributed by atoms with Gasteiger partial charge in [0.2, 0.25) is 0 Å². The Morgan fingerprint density at radius 1 is 0.455 bits per heavy atom. The molecule has 1 unspecified atom stereocenters. The fourth-order valence-electron chi connectivity index (χ4n) is 9.10. The first-order chi connectivity index (χ1) is 27.3. The van der Waals surface area contributed by atoms with E-state index in [0.29, 0.717) is 0 Å². The summed E-state index contributed by atoms with van der Waals surface area (Å²) in [5.41, 5.74) is 14.5. The Morgan fingerprint density at radius 3 is 1.91 bits per heavy atom. The van der Waals surface area contributed by atoms with Crippen LogP contribution in [0.15, 0.2) is 199 Å². The third-order valence-electron chi connectivity index (χ3n) is 11.7. The highest BCUT2D eigenvalue weighted by Crippen LogP contribution is 2.50. The molecule has 0 fully saturated rings. The number of benzene rings is 9. The van der Waals surface area contributed by atoms with E-state index in [1.165, 1.54) is 65.9 Å². The summed E-state index contributed by atoms with van der Waals surface area (Å²) in [6.07, 6.45) is 1.94. The van der Waals surface area contributed by atoms with Crippen molar-refractivity contribution in [1.82, 2.24) is 0 Å². The van der Waals surface area contributed by atoms with Crippen molar-refractivity contribution in [1.29, 1.82) is 0 Å². The van der Waals surface area contributed by atoms with Crippen LogP contribution in [0.1, 0.15) is 29.0 Å². The second-order valence-electron chi connectivity index (χ2n) is 14.8. The molecule has 1 aromatic heterocycles. The third kappa shape index (κ3) is 5.33. The molecule has 1 aliphatic rings. The molecule has 0 bridgehead atoms. The summed E-state index contributed by atoms with van der Waals surface area (Å²) in [5.74, 6) is 0.232. The molecule has 260 valence electrons. The number of aryl methyl sites for hydroxylation is 1. The van der Waals surface area contributed by atoms with Crippen LogP contribution in [0.5, 0.6) is 0 Å². The summed E-state index contributed by atoms with van der Waals surface area (Å²) in [5, 5.41) is 7.31. The van der Waals surface area contributed by atoms with E-state index in [1.807, 2.05) is 0 Å². The normalized spacial score (nSPS) is 13.9. The third-order valence-corrected chi connectivity index (χ3v) is 11.7. The van der Waals surface area contributed by atoms with Crippen molar-refractivity contribution >= 4 is 60.5 Å². The average Bonchev–Trinajstić information content (AvgIpc) is 3.53. The first kappa shape index (κ1) is 31.6. The maximum absolute atomic E-state index is 6.64. The SMILES string of the molecule is c1ccc(N(c2ccc(C3CCc4cc5oc6ccccc6c5c(-c5ccc6ccccc6c5)c4-c4ccccc43)cc2)c2ccc3ccccc3c2)cc1. The molecular formula is C53H37NO. The fourth-order valence-corrected chi connectivity index (χ4v) is 9.10. The van der Waals surface area contributed by atoms with Gasteiger partial charge in [0.15, 0.2) is 0 Å². The van der Waals surface area contributed by atoms with Crippen LogP contribution in [-0.4, -0.2) is 0 Å². The minimum absolute atomic E-state index is 0.232. The van der Waals surface area contributed by atoms with E-state index in [2.05, 4.69) is 199 Å². The van der Waals surface area contributed by atoms with Gasteiger partial charge in [0.1, 0.15) is 11.2 Å². The molecule has 11 rings (SSSR count). The summed E-state index contributed by atoms with van der Waals surface area (Å²) >= 11 is 0. The monoisotopic (exact) mass is 703 g/mol. The molecule has 0 aliphatic heterocycles. The maximum atomic E-state index is 6.64.